The fourth-order valence-corrected chi connectivity index (χ4v) is 5.98. The second-order valence-corrected chi connectivity index (χ2v) is 11.8. The SMILES string of the molecule is Cc1cn(C2OC(COP(=O)(O)OP(=O)(O)OP(=O)(O)O)CC2(C)Cl)c(=O)nc1N. The van der Waals surface area contributed by atoms with E-state index in [1.807, 2.05) is 0 Å². The number of alkyl halides is 1. The van der Waals surface area contributed by atoms with Crippen molar-refractivity contribution in [2.75, 3.05) is 12.3 Å². The molecule has 0 amide bonds. The van der Waals surface area contributed by atoms with Crippen LogP contribution in [0.25, 0.3) is 0 Å². The zero-order valence-electron chi connectivity index (χ0n) is 15.4. The van der Waals surface area contributed by atoms with Crippen LogP contribution in [0.1, 0.15) is 25.1 Å². The number of hydrogen-bond donors (Lipinski definition) is 5. The zero-order valence-corrected chi connectivity index (χ0v) is 18.8. The van der Waals surface area contributed by atoms with E-state index >= 15 is 0 Å². The average Bonchev–Trinajstić information content (AvgIpc) is 2.80. The minimum absolute atomic E-state index is 0.00482. The van der Waals surface area contributed by atoms with Crippen molar-refractivity contribution < 1.29 is 51.2 Å². The molecule has 0 spiro atoms. The number of aromatic nitrogens is 2. The standard InChI is InChI=1S/C11H19ClN3O12P3/c1-6-4-15(10(16)14-8(6)13)9-11(2,12)3-7(25-9)5-24-29(20,21)27-30(22,23)26-28(17,18)19/h4,7,9H,3,5H2,1-2H3,(H,20,21)(H,22,23)(H2,13,14,16)(H2,17,18,19). The van der Waals surface area contributed by atoms with Crippen LogP contribution in [0.3, 0.4) is 0 Å². The van der Waals surface area contributed by atoms with Gasteiger partial charge in [0.25, 0.3) is 0 Å². The van der Waals surface area contributed by atoms with Gasteiger partial charge >= 0.3 is 29.2 Å². The van der Waals surface area contributed by atoms with E-state index in [4.69, 9.17) is 36.8 Å². The van der Waals surface area contributed by atoms with Gasteiger partial charge in [-0.15, -0.1) is 11.6 Å². The number of rotatable bonds is 8. The van der Waals surface area contributed by atoms with E-state index < -0.39 is 53.0 Å². The third-order valence-corrected chi connectivity index (χ3v) is 7.87. The van der Waals surface area contributed by atoms with Crippen molar-refractivity contribution in [3.8, 4) is 0 Å². The van der Waals surface area contributed by atoms with Crippen LogP contribution in [-0.2, 0) is 31.6 Å². The molecule has 1 saturated heterocycles. The fraction of sp³-hybridized carbons (Fsp3) is 0.636. The first-order chi connectivity index (χ1) is 13.4. The van der Waals surface area contributed by atoms with E-state index in [0.29, 0.717) is 5.56 Å². The predicted octanol–water partition coefficient (Wildman–Crippen LogP) is 0.762. The summed E-state index contributed by atoms with van der Waals surface area (Å²) in [5.41, 5.74) is 5.30. The normalized spacial score (nSPS) is 28.8. The summed E-state index contributed by atoms with van der Waals surface area (Å²) in [6, 6.07) is 0. The molecule has 5 unspecified atom stereocenters. The number of nitrogens with two attached hydrogens (primary N) is 1. The Labute approximate surface area is 174 Å². The molecule has 0 aliphatic carbocycles. The number of ether oxygens (including phenoxy) is 1. The van der Waals surface area contributed by atoms with Crippen molar-refractivity contribution in [2.45, 2.75) is 37.5 Å². The molecule has 30 heavy (non-hydrogen) atoms. The van der Waals surface area contributed by atoms with E-state index in [-0.39, 0.29) is 12.2 Å². The molecule has 0 aromatic carbocycles. The van der Waals surface area contributed by atoms with Gasteiger partial charge in [-0.1, -0.05) is 0 Å². The van der Waals surface area contributed by atoms with Gasteiger partial charge in [0.15, 0.2) is 6.23 Å². The Balaban J connectivity index is 2.08. The number of aryl methyl sites for hydroxylation is 1. The number of halogens is 1. The molecular weight excluding hydrogens is 495 g/mol. The number of anilines is 1. The van der Waals surface area contributed by atoms with Gasteiger partial charge in [0.05, 0.1) is 17.6 Å². The maximum atomic E-state index is 12.1. The molecule has 6 N–H and O–H groups in total. The van der Waals surface area contributed by atoms with Gasteiger partial charge in [-0.3, -0.25) is 9.09 Å². The van der Waals surface area contributed by atoms with Gasteiger partial charge in [-0.05, 0) is 20.3 Å². The van der Waals surface area contributed by atoms with Crippen molar-refractivity contribution in [1.82, 2.24) is 9.55 Å². The second-order valence-electron chi connectivity index (χ2n) is 6.48. The second kappa shape index (κ2) is 8.70. The molecule has 1 aromatic rings. The van der Waals surface area contributed by atoms with E-state index in [2.05, 4.69) is 18.1 Å². The molecule has 15 nitrogen and oxygen atoms in total. The third-order valence-electron chi connectivity index (χ3n) is 3.73. The summed E-state index contributed by atoms with van der Waals surface area (Å²) in [7, 11) is -16.4. The van der Waals surface area contributed by atoms with Crippen LogP contribution in [0, 0.1) is 6.92 Å². The largest absolute Gasteiger partial charge is 0.490 e. The Morgan fingerprint density at radius 1 is 1.30 bits per heavy atom. The molecule has 1 aliphatic heterocycles. The van der Waals surface area contributed by atoms with E-state index in [1.54, 1.807) is 6.92 Å². The highest BCUT2D eigenvalue weighted by molar-refractivity contribution is 7.66. The van der Waals surface area contributed by atoms with Gasteiger partial charge < -0.3 is 30.0 Å². The van der Waals surface area contributed by atoms with Gasteiger partial charge in [-0.2, -0.15) is 13.6 Å². The highest BCUT2D eigenvalue weighted by atomic mass is 35.5. The molecular formula is C11H19ClN3O12P3. The van der Waals surface area contributed by atoms with Crippen molar-refractivity contribution in [1.29, 1.82) is 0 Å². The molecule has 0 saturated carbocycles. The molecule has 1 aliphatic rings. The Kier molecular flexibility index (Phi) is 7.43. The van der Waals surface area contributed by atoms with Crippen LogP contribution in [-0.4, -0.2) is 46.7 Å². The summed E-state index contributed by atoms with van der Waals surface area (Å²) < 4.78 is 52.2. The number of phosphoric ester groups is 1. The number of nitrogen functional groups attached to an aromatic ring is 1. The quantitative estimate of drug-likeness (QED) is 0.239. The molecule has 0 radical (unpaired) electrons. The van der Waals surface area contributed by atoms with Crippen LogP contribution in [0.15, 0.2) is 11.0 Å². The summed E-state index contributed by atoms with van der Waals surface area (Å²) in [6.45, 7) is 2.44. The summed E-state index contributed by atoms with van der Waals surface area (Å²) in [5, 5.41) is 0. The van der Waals surface area contributed by atoms with Crippen molar-refractivity contribution in [2.24, 2.45) is 0 Å². The summed E-state index contributed by atoms with van der Waals surface area (Å²) in [5.74, 6) is 0.0229. The van der Waals surface area contributed by atoms with Gasteiger partial charge in [0.2, 0.25) is 0 Å². The Bertz CT molecular complexity index is 1010. The summed E-state index contributed by atoms with van der Waals surface area (Å²) in [4.78, 5) is 50.2. The smallest absolute Gasteiger partial charge is 0.383 e. The van der Waals surface area contributed by atoms with Crippen molar-refractivity contribution in [3.63, 3.8) is 0 Å². The van der Waals surface area contributed by atoms with E-state index in [0.717, 1.165) is 4.57 Å². The van der Waals surface area contributed by atoms with Crippen LogP contribution in [0.5, 0.6) is 0 Å². The average molecular weight is 514 g/mol. The lowest BCUT2D eigenvalue weighted by molar-refractivity contribution is -0.0300. The molecule has 172 valence electrons. The number of hydrogen-bond acceptors (Lipinski definition) is 10. The van der Waals surface area contributed by atoms with Crippen molar-refractivity contribution >= 4 is 40.9 Å². The molecule has 2 rings (SSSR count). The molecule has 5 atom stereocenters. The van der Waals surface area contributed by atoms with E-state index in [9.17, 15) is 23.4 Å². The molecule has 2 heterocycles. The summed E-state index contributed by atoms with van der Waals surface area (Å²) >= 11 is 6.40. The van der Waals surface area contributed by atoms with Crippen LogP contribution in [0.2, 0.25) is 0 Å². The Hall–Kier alpha value is -0.660. The lowest BCUT2D eigenvalue weighted by Gasteiger charge is -2.24. The molecule has 1 aromatic heterocycles. The van der Waals surface area contributed by atoms with Crippen LogP contribution >= 0.6 is 35.1 Å². The first-order valence-corrected chi connectivity index (χ1v) is 12.8. The van der Waals surface area contributed by atoms with Gasteiger partial charge in [0, 0.05) is 11.8 Å². The molecule has 1 fully saturated rings. The lowest BCUT2D eigenvalue weighted by atomic mass is 10.0. The monoisotopic (exact) mass is 513 g/mol. The highest BCUT2D eigenvalue weighted by Crippen LogP contribution is 2.66. The first-order valence-electron chi connectivity index (χ1n) is 7.89. The number of nitrogens with zero attached hydrogens (tertiary/aromatic N) is 2. The number of phosphoric acid groups is 3. The lowest BCUT2D eigenvalue weighted by Crippen LogP contribution is -2.35. The fourth-order valence-electron chi connectivity index (χ4n) is 2.60. The van der Waals surface area contributed by atoms with Crippen LogP contribution in [0.4, 0.5) is 5.82 Å². The first kappa shape index (κ1) is 25.6. The maximum absolute atomic E-state index is 12.1. The van der Waals surface area contributed by atoms with E-state index in [1.165, 1.54) is 13.1 Å². The minimum atomic E-state index is -5.63. The molecule has 19 heteroatoms. The minimum Gasteiger partial charge on any atom is -0.383 e. The molecule has 0 bridgehead atoms. The Morgan fingerprint density at radius 3 is 2.47 bits per heavy atom. The summed E-state index contributed by atoms with van der Waals surface area (Å²) in [6.07, 6.45) is -0.661. The maximum Gasteiger partial charge on any atom is 0.490 e. The Morgan fingerprint density at radius 2 is 1.90 bits per heavy atom. The highest BCUT2D eigenvalue weighted by Gasteiger charge is 2.47. The predicted molar refractivity (Wildman–Crippen MR) is 100 cm³/mol. The van der Waals surface area contributed by atoms with Gasteiger partial charge in [0.1, 0.15) is 5.82 Å². The van der Waals surface area contributed by atoms with Gasteiger partial charge in [-0.25, -0.2) is 18.5 Å². The topological polar surface area (TPSA) is 230 Å². The zero-order chi connectivity index (χ0) is 23.1. The third kappa shape index (κ3) is 6.92. The van der Waals surface area contributed by atoms with Crippen LogP contribution < -0.4 is 11.4 Å². The van der Waals surface area contributed by atoms with Crippen molar-refractivity contribution in [3.05, 3.63) is 22.2 Å².